The maximum absolute atomic E-state index is 5.78. The van der Waals surface area contributed by atoms with Crippen LogP contribution in [-0.4, -0.2) is 19.6 Å². The highest BCUT2D eigenvalue weighted by atomic mass is 35.5. The molecule has 0 radical (unpaired) electrons. The molecule has 0 spiro atoms. The van der Waals surface area contributed by atoms with Gasteiger partial charge in [-0.15, -0.1) is 0 Å². The summed E-state index contributed by atoms with van der Waals surface area (Å²) in [5.74, 6) is 0. The number of rotatable bonds is 5. The van der Waals surface area contributed by atoms with E-state index < -0.39 is 0 Å². The number of benzene rings is 2. The minimum Gasteiger partial charge on any atom is -0.358 e. The summed E-state index contributed by atoms with van der Waals surface area (Å²) in [4.78, 5) is 8.46. The van der Waals surface area contributed by atoms with Crippen molar-refractivity contribution in [3.63, 3.8) is 0 Å². The second-order valence-corrected chi connectivity index (χ2v) is 7.15. The van der Waals surface area contributed by atoms with Crippen molar-refractivity contribution in [2.24, 2.45) is 0 Å². The Bertz CT molecular complexity index is 1090. The van der Waals surface area contributed by atoms with Crippen LogP contribution in [0.3, 0.4) is 0 Å². The number of imidazole rings is 1. The molecule has 0 amide bonds. The quantitative estimate of drug-likeness (QED) is 0.373. The highest BCUT2D eigenvalue weighted by Gasteiger charge is 2.03. The Morgan fingerprint density at radius 2 is 1.75 bits per heavy atom. The molecule has 0 saturated carbocycles. The van der Waals surface area contributed by atoms with Gasteiger partial charge in [-0.2, -0.15) is 0 Å². The summed E-state index contributed by atoms with van der Waals surface area (Å²) < 4.78 is 2.15. The Kier molecular flexibility index (Phi) is 5.50. The number of anilines is 1. The fourth-order valence-electron chi connectivity index (χ4n) is 2.90. The second kappa shape index (κ2) is 8.37. The molecular formula is C21H18ClN5S. The minimum atomic E-state index is 0.452. The maximum Gasteiger partial charge on any atom is 0.171 e. The van der Waals surface area contributed by atoms with E-state index in [2.05, 4.69) is 55.5 Å². The van der Waals surface area contributed by atoms with E-state index in [0.717, 1.165) is 28.8 Å². The lowest BCUT2D eigenvalue weighted by Gasteiger charge is -2.11. The lowest BCUT2D eigenvalue weighted by Crippen LogP contribution is -2.27. The van der Waals surface area contributed by atoms with Gasteiger partial charge in [-0.1, -0.05) is 48.0 Å². The van der Waals surface area contributed by atoms with Gasteiger partial charge in [-0.3, -0.25) is 0 Å². The minimum absolute atomic E-state index is 0.452. The van der Waals surface area contributed by atoms with Crippen molar-refractivity contribution in [3.05, 3.63) is 89.5 Å². The number of hydrogen-bond donors (Lipinski definition) is 2. The van der Waals surface area contributed by atoms with Gasteiger partial charge in [0.2, 0.25) is 0 Å². The van der Waals surface area contributed by atoms with E-state index in [9.17, 15) is 0 Å². The van der Waals surface area contributed by atoms with Gasteiger partial charge < -0.3 is 15.2 Å². The van der Waals surface area contributed by atoms with E-state index in [1.807, 2.05) is 30.6 Å². The van der Waals surface area contributed by atoms with Gasteiger partial charge in [0.15, 0.2) is 5.11 Å². The first-order valence-corrected chi connectivity index (χ1v) is 9.60. The van der Waals surface area contributed by atoms with Gasteiger partial charge in [-0.05, 0) is 47.6 Å². The number of thiocarbonyl (C=S) groups is 1. The van der Waals surface area contributed by atoms with Gasteiger partial charge in [0, 0.05) is 13.1 Å². The van der Waals surface area contributed by atoms with Gasteiger partial charge in [-0.25, -0.2) is 9.97 Å². The van der Waals surface area contributed by atoms with Crippen LogP contribution in [0.15, 0.2) is 73.2 Å². The van der Waals surface area contributed by atoms with Gasteiger partial charge in [0.1, 0.15) is 5.15 Å². The molecule has 0 aliphatic heterocycles. The zero-order valence-corrected chi connectivity index (χ0v) is 16.5. The van der Waals surface area contributed by atoms with Crippen LogP contribution in [0, 0.1) is 0 Å². The fraction of sp³-hybridized carbons (Fsp3) is 0.0952. The molecule has 2 N–H and O–H groups in total. The maximum atomic E-state index is 5.78. The van der Waals surface area contributed by atoms with Crippen LogP contribution in [0.1, 0.15) is 11.1 Å². The number of fused-ring (bicyclic) bond motifs is 1. The van der Waals surface area contributed by atoms with E-state index in [1.165, 1.54) is 5.56 Å². The van der Waals surface area contributed by atoms with Crippen LogP contribution in [0.5, 0.6) is 0 Å². The van der Waals surface area contributed by atoms with Crippen molar-refractivity contribution < 1.29 is 0 Å². The van der Waals surface area contributed by atoms with Crippen molar-refractivity contribution in [3.8, 4) is 0 Å². The predicted octanol–water partition coefficient (Wildman–Crippen LogP) is 4.62. The number of halogens is 1. The molecule has 5 nitrogen and oxygen atoms in total. The van der Waals surface area contributed by atoms with Crippen LogP contribution in [0.25, 0.3) is 11.0 Å². The van der Waals surface area contributed by atoms with E-state index in [4.69, 9.17) is 23.8 Å². The summed E-state index contributed by atoms with van der Waals surface area (Å²) in [7, 11) is 0. The monoisotopic (exact) mass is 407 g/mol. The largest absolute Gasteiger partial charge is 0.358 e. The van der Waals surface area contributed by atoms with Crippen molar-refractivity contribution >= 4 is 45.7 Å². The Morgan fingerprint density at radius 3 is 2.54 bits per heavy atom. The first kappa shape index (κ1) is 18.4. The zero-order chi connectivity index (χ0) is 19.3. The summed E-state index contributed by atoms with van der Waals surface area (Å²) >= 11 is 11.1. The van der Waals surface area contributed by atoms with Crippen molar-refractivity contribution in [1.82, 2.24) is 19.9 Å². The third-order valence-electron chi connectivity index (χ3n) is 4.34. The van der Waals surface area contributed by atoms with Crippen LogP contribution in [0.4, 0.5) is 5.69 Å². The average Bonchev–Trinajstić information content (AvgIpc) is 3.12. The molecule has 0 bridgehead atoms. The van der Waals surface area contributed by atoms with Crippen LogP contribution in [-0.2, 0) is 13.1 Å². The van der Waals surface area contributed by atoms with E-state index in [-0.39, 0.29) is 0 Å². The molecular weight excluding hydrogens is 390 g/mol. The first-order valence-electron chi connectivity index (χ1n) is 8.81. The third-order valence-corrected chi connectivity index (χ3v) is 4.81. The SMILES string of the molecule is S=C(NCc1ccc(Cn2cnc3ccccc32)cc1)Nc1ccc(Cl)nc1. The lowest BCUT2D eigenvalue weighted by atomic mass is 10.1. The number of aromatic nitrogens is 3. The molecule has 0 fully saturated rings. The summed E-state index contributed by atoms with van der Waals surface area (Å²) in [5, 5.41) is 7.27. The molecule has 140 valence electrons. The average molecular weight is 408 g/mol. The molecule has 4 aromatic rings. The molecule has 2 heterocycles. The molecule has 0 saturated heterocycles. The zero-order valence-electron chi connectivity index (χ0n) is 15.0. The second-order valence-electron chi connectivity index (χ2n) is 6.35. The summed E-state index contributed by atoms with van der Waals surface area (Å²) in [5.41, 5.74) is 5.32. The number of hydrogen-bond acceptors (Lipinski definition) is 3. The van der Waals surface area contributed by atoms with Crippen LogP contribution < -0.4 is 10.6 Å². The fourth-order valence-corrected chi connectivity index (χ4v) is 3.20. The molecule has 4 rings (SSSR count). The molecule has 2 aromatic carbocycles. The van der Waals surface area contributed by atoms with Crippen LogP contribution >= 0.6 is 23.8 Å². The highest BCUT2D eigenvalue weighted by Crippen LogP contribution is 2.15. The Hall–Kier alpha value is -2.96. The smallest absolute Gasteiger partial charge is 0.171 e. The number of nitrogens with one attached hydrogen (secondary N) is 2. The molecule has 2 aromatic heterocycles. The molecule has 0 aliphatic rings. The van der Waals surface area contributed by atoms with Crippen LogP contribution in [0.2, 0.25) is 5.15 Å². The molecule has 0 atom stereocenters. The molecule has 28 heavy (non-hydrogen) atoms. The number of nitrogens with zero attached hydrogens (tertiary/aromatic N) is 3. The Labute approximate surface area is 173 Å². The number of para-hydroxylation sites is 2. The number of pyridine rings is 1. The van der Waals surface area contributed by atoms with E-state index in [0.29, 0.717) is 16.8 Å². The first-order chi connectivity index (χ1) is 13.7. The normalized spacial score (nSPS) is 10.8. The summed E-state index contributed by atoms with van der Waals surface area (Å²) in [6, 6.07) is 20.2. The summed E-state index contributed by atoms with van der Waals surface area (Å²) in [6.45, 7) is 1.43. The topological polar surface area (TPSA) is 54.8 Å². The highest BCUT2D eigenvalue weighted by molar-refractivity contribution is 7.80. The molecule has 0 unspecified atom stereocenters. The predicted molar refractivity (Wildman–Crippen MR) is 118 cm³/mol. The lowest BCUT2D eigenvalue weighted by molar-refractivity contribution is 0.822. The van der Waals surface area contributed by atoms with Gasteiger partial charge >= 0.3 is 0 Å². The third kappa shape index (κ3) is 4.47. The van der Waals surface area contributed by atoms with Gasteiger partial charge in [0.05, 0.1) is 29.2 Å². The Balaban J connectivity index is 1.33. The van der Waals surface area contributed by atoms with E-state index in [1.54, 1.807) is 12.3 Å². The summed E-state index contributed by atoms with van der Waals surface area (Å²) in [6.07, 6.45) is 3.53. The Morgan fingerprint density at radius 1 is 0.964 bits per heavy atom. The standard InChI is InChI=1S/C21H18ClN5S/c22-20-10-9-17(12-23-20)26-21(28)24-11-15-5-7-16(8-6-15)13-27-14-25-18-3-1-2-4-19(18)27/h1-10,12,14H,11,13H2,(H2,24,26,28). The molecule has 7 heteroatoms. The van der Waals surface area contributed by atoms with Gasteiger partial charge in [0.25, 0.3) is 0 Å². The molecule has 0 aliphatic carbocycles. The van der Waals surface area contributed by atoms with E-state index >= 15 is 0 Å². The van der Waals surface area contributed by atoms with Crippen molar-refractivity contribution in [1.29, 1.82) is 0 Å². The van der Waals surface area contributed by atoms with Crippen molar-refractivity contribution in [2.45, 2.75) is 13.1 Å². The van der Waals surface area contributed by atoms with Crippen molar-refractivity contribution in [2.75, 3.05) is 5.32 Å².